The molecule has 0 radical (unpaired) electrons. The van der Waals surface area contributed by atoms with Crippen molar-refractivity contribution in [2.75, 3.05) is 20.3 Å². The van der Waals surface area contributed by atoms with Crippen molar-refractivity contribution in [3.63, 3.8) is 0 Å². The molecule has 1 aliphatic heterocycles. The lowest BCUT2D eigenvalue weighted by Crippen LogP contribution is -2.39. The van der Waals surface area contributed by atoms with E-state index >= 15 is 0 Å². The molecule has 0 unspecified atom stereocenters. The van der Waals surface area contributed by atoms with Gasteiger partial charge in [0.25, 0.3) is 5.79 Å². The van der Waals surface area contributed by atoms with Gasteiger partial charge in [0.2, 0.25) is 17.3 Å². The summed E-state index contributed by atoms with van der Waals surface area (Å²) in [5, 5.41) is 40.4. The van der Waals surface area contributed by atoms with Gasteiger partial charge in [0, 0.05) is 28.8 Å². The molecule has 0 saturated heterocycles. The molecule has 1 aliphatic rings. The third-order valence-electron chi connectivity index (χ3n) is 4.55. The minimum absolute atomic E-state index is 0.271. The molecule has 3 rings (SSSR count). The Bertz CT molecular complexity index is 983. The van der Waals surface area contributed by atoms with Crippen LogP contribution in [0.4, 0.5) is 0 Å². The number of para-hydroxylation sites is 1. The summed E-state index contributed by atoms with van der Waals surface area (Å²) >= 11 is 6.42. The van der Waals surface area contributed by atoms with Crippen LogP contribution in [0.1, 0.15) is 12.5 Å². The molecular formula is C21H21ClO7. The monoisotopic (exact) mass is 420 g/mol. The second kappa shape index (κ2) is 8.24. The van der Waals surface area contributed by atoms with Crippen LogP contribution in [0.25, 0.3) is 11.1 Å². The van der Waals surface area contributed by atoms with Gasteiger partial charge >= 0.3 is 0 Å². The van der Waals surface area contributed by atoms with E-state index in [4.69, 9.17) is 25.8 Å². The van der Waals surface area contributed by atoms with Gasteiger partial charge in [-0.2, -0.15) is 0 Å². The molecule has 0 amide bonds. The SMILES string of the molecule is CCOc1ccccc1-c1cc([C@]2(OC)OC(CO)=C(O)C(O)=C2O)ccc1Cl. The lowest BCUT2D eigenvalue weighted by atomic mass is 9.95. The third kappa shape index (κ3) is 3.48. The summed E-state index contributed by atoms with van der Waals surface area (Å²) < 4.78 is 16.7. The number of methoxy groups -OCH3 is 1. The van der Waals surface area contributed by atoms with Crippen LogP contribution >= 0.6 is 11.6 Å². The standard InChI is InChI=1S/C21H21ClO7/c1-3-28-16-7-5-4-6-13(16)14-10-12(8-9-15(14)22)21(27-2)20(26)19(25)18(24)17(11-23)29-21/h4-10,23-26H,3,11H2,1-2H3/t21-/m0/s1. The van der Waals surface area contributed by atoms with E-state index in [9.17, 15) is 20.4 Å². The Morgan fingerprint density at radius 1 is 1.03 bits per heavy atom. The Morgan fingerprint density at radius 2 is 1.76 bits per heavy atom. The van der Waals surface area contributed by atoms with Gasteiger partial charge in [0.05, 0.1) is 6.61 Å². The van der Waals surface area contributed by atoms with E-state index in [2.05, 4.69) is 0 Å². The molecule has 1 heterocycles. The molecule has 154 valence electrons. The van der Waals surface area contributed by atoms with Crippen molar-refractivity contribution in [1.29, 1.82) is 0 Å². The van der Waals surface area contributed by atoms with Crippen LogP contribution in [-0.2, 0) is 15.3 Å². The van der Waals surface area contributed by atoms with Crippen LogP contribution in [-0.4, -0.2) is 40.7 Å². The van der Waals surface area contributed by atoms with E-state index in [0.29, 0.717) is 28.5 Å². The summed E-state index contributed by atoms with van der Waals surface area (Å²) in [6.45, 7) is 1.61. The average molecular weight is 421 g/mol. The number of hydrogen-bond acceptors (Lipinski definition) is 7. The van der Waals surface area contributed by atoms with Gasteiger partial charge in [-0.25, -0.2) is 0 Å². The first-order chi connectivity index (χ1) is 13.9. The normalized spacial score (nSPS) is 19.3. The van der Waals surface area contributed by atoms with E-state index in [1.807, 2.05) is 25.1 Å². The van der Waals surface area contributed by atoms with Crippen molar-refractivity contribution >= 4 is 11.6 Å². The van der Waals surface area contributed by atoms with Crippen molar-refractivity contribution in [3.8, 4) is 16.9 Å². The Morgan fingerprint density at radius 3 is 2.41 bits per heavy atom. The summed E-state index contributed by atoms with van der Waals surface area (Å²) in [6, 6.07) is 12.0. The van der Waals surface area contributed by atoms with Crippen molar-refractivity contribution in [1.82, 2.24) is 0 Å². The number of benzene rings is 2. The number of hydrogen-bond donors (Lipinski definition) is 4. The maximum Gasteiger partial charge on any atom is 0.300 e. The van der Waals surface area contributed by atoms with Crippen LogP contribution in [0.15, 0.2) is 65.5 Å². The summed E-state index contributed by atoms with van der Waals surface area (Å²) in [5.74, 6) is -4.12. The first-order valence-corrected chi connectivity index (χ1v) is 9.19. The Labute approximate surface area is 172 Å². The second-order valence-corrected chi connectivity index (χ2v) is 6.58. The molecule has 0 spiro atoms. The maximum atomic E-state index is 10.5. The summed E-state index contributed by atoms with van der Waals surface area (Å²) in [6.07, 6.45) is 0. The lowest BCUT2D eigenvalue weighted by Gasteiger charge is -2.36. The minimum atomic E-state index is -1.99. The zero-order chi connectivity index (χ0) is 21.2. The molecule has 0 saturated carbocycles. The quantitative estimate of drug-likeness (QED) is 0.550. The van der Waals surface area contributed by atoms with Gasteiger partial charge in [0.15, 0.2) is 5.76 Å². The fraction of sp³-hybridized carbons (Fsp3) is 0.238. The first-order valence-electron chi connectivity index (χ1n) is 8.82. The van der Waals surface area contributed by atoms with Crippen LogP contribution in [0, 0.1) is 0 Å². The zero-order valence-electron chi connectivity index (χ0n) is 15.8. The number of rotatable bonds is 6. The highest BCUT2D eigenvalue weighted by Crippen LogP contribution is 2.44. The van der Waals surface area contributed by atoms with E-state index in [-0.39, 0.29) is 11.3 Å². The van der Waals surface area contributed by atoms with Crippen LogP contribution in [0.5, 0.6) is 5.75 Å². The van der Waals surface area contributed by atoms with Gasteiger partial charge < -0.3 is 34.6 Å². The zero-order valence-corrected chi connectivity index (χ0v) is 16.6. The minimum Gasteiger partial charge on any atom is -0.503 e. The van der Waals surface area contributed by atoms with Gasteiger partial charge in [-0.3, -0.25) is 0 Å². The molecule has 2 aromatic carbocycles. The lowest BCUT2D eigenvalue weighted by molar-refractivity contribution is -0.212. The molecule has 8 heteroatoms. The second-order valence-electron chi connectivity index (χ2n) is 6.17. The molecule has 1 atom stereocenters. The average Bonchev–Trinajstić information content (AvgIpc) is 2.74. The highest BCUT2D eigenvalue weighted by atomic mass is 35.5. The number of halogens is 1. The fourth-order valence-corrected chi connectivity index (χ4v) is 3.36. The number of aliphatic hydroxyl groups is 4. The Hall–Kier alpha value is -2.87. The molecule has 0 aliphatic carbocycles. The third-order valence-corrected chi connectivity index (χ3v) is 4.88. The molecule has 0 aromatic heterocycles. The smallest absolute Gasteiger partial charge is 0.300 e. The summed E-state index contributed by atoms with van der Waals surface area (Å²) in [5.41, 5.74) is 1.55. The molecular weight excluding hydrogens is 400 g/mol. The molecule has 4 N–H and O–H groups in total. The van der Waals surface area contributed by atoms with E-state index in [1.165, 1.54) is 7.11 Å². The molecule has 0 fully saturated rings. The van der Waals surface area contributed by atoms with E-state index in [0.717, 1.165) is 0 Å². The van der Waals surface area contributed by atoms with Crippen LogP contribution < -0.4 is 4.74 Å². The first kappa shape index (κ1) is 20.9. The van der Waals surface area contributed by atoms with Crippen LogP contribution in [0.2, 0.25) is 5.02 Å². The number of ether oxygens (including phenoxy) is 3. The molecule has 7 nitrogen and oxygen atoms in total. The summed E-state index contributed by atoms with van der Waals surface area (Å²) in [4.78, 5) is 0. The predicted molar refractivity (Wildman–Crippen MR) is 107 cm³/mol. The van der Waals surface area contributed by atoms with Gasteiger partial charge in [-0.15, -0.1) is 0 Å². The van der Waals surface area contributed by atoms with Gasteiger partial charge in [-0.1, -0.05) is 35.9 Å². The van der Waals surface area contributed by atoms with Crippen LogP contribution in [0.3, 0.4) is 0 Å². The maximum absolute atomic E-state index is 10.5. The molecule has 2 aromatic rings. The number of aliphatic hydroxyl groups excluding tert-OH is 4. The largest absolute Gasteiger partial charge is 0.503 e. The van der Waals surface area contributed by atoms with Crippen molar-refractivity contribution in [3.05, 3.63) is 76.1 Å². The van der Waals surface area contributed by atoms with Gasteiger partial charge in [0.1, 0.15) is 12.4 Å². The van der Waals surface area contributed by atoms with E-state index in [1.54, 1.807) is 24.3 Å². The van der Waals surface area contributed by atoms with Gasteiger partial charge in [-0.05, 0) is 25.1 Å². The fourth-order valence-electron chi connectivity index (χ4n) is 3.14. The predicted octanol–water partition coefficient (Wildman–Crippen LogP) is 4.32. The Balaban J connectivity index is 2.20. The van der Waals surface area contributed by atoms with Crippen molar-refractivity contribution < 1.29 is 34.6 Å². The van der Waals surface area contributed by atoms with E-state index < -0.39 is 29.7 Å². The van der Waals surface area contributed by atoms with Crippen molar-refractivity contribution in [2.45, 2.75) is 12.7 Å². The van der Waals surface area contributed by atoms with Crippen molar-refractivity contribution in [2.24, 2.45) is 0 Å². The highest BCUT2D eigenvalue weighted by Gasteiger charge is 2.48. The summed E-state index contributed by atoms with van der Waals surface area (Å²) in [7, 11) is 1.25. The highest BCUT2D eigenvalue weighted by molar-refractivity contribution is 6.33. The Kier molecular flexibility index (Phi) is 5.93. The molecule has 0 bridgehead atoms. The molecule has 29 heavy (non-hydrogen) atoms. The topological polar surface area (TPSA) is 109 Å².